The van der Waals surface area contributed by atoms with Gasteiger partial charge in [-0.15, -0.1) is 23.7 Å². The highest BCUT2D eigenvalue weighted by atomic mass is 32.1. The molecule has 10 heavy (non-hydrogen) atoms. The van der Waals surface area contributed by atoms with Crippen LogP contribution in [0.4, 0.5) is 5.13 Å². The Bertz CT molecular complexity index is 246. The third-order valence-corrected chi connectivity index (χ3v) is 1.97. The number of nitrogen functional groups attached to an aromatic ring is 1. The van der Waals surface area contributed by atoms with Gasteiger partial charge in [-0.25, -0.2) is 4.98 Å². The van der Waals surface area contributed by atoms with Gasteiger partial charge in [-0.3, -0.25) is 0 Å². The van der Waals surface area contributed by atoms with Crippen molar-refractivity contribution in [1.29, 1.82) is 0 Å². The zero-order chi connectivity index (χ0) is 7.40. The average molecular weight is 152 g/mol. The van der Waals surface area contributed by atoms with Crippen LogP contribution in [0.25, 0.3) is 0 Å². The van der Waals surface area contributed by atoms with Gasteiger partial charge in [0.15, 0.2) is 5.13 Å². The standard InChI is InChI=1S/C7H8N2S/c1-2-3-4-6-5-9-7(8)10-6/h1,5H,3-4H2,(H2,8,9). The molecule has 2 N–H and O–H groups in total. The van der Waals surface area contributed by atoms with Crippen molar-refractivity contribution in [3.8, 4) is 12.3 Å². The highest BCUT2D eigenvalue weighted by molar-refractivity contribution is 7.15. The Morgan fingerprint density at radius 3 is 3.10 bits per heavy atom. The van der Waals surface area contributed by atoms with Crippen molar-refractivity contribution in [3.05, 3.63) is 11.1 Å². The number of aromatic nitrogens is 1. The monoisotopic (exact) mass is 152 g/mol. The number of nitrogens with two attached hydrogens (primary N) is 1. The highest BCUT2D eigenvalue weighted by Crippen LogP contribution is 2.15. The molecule has 0 unspecified atom stereocenters. The van der Waals surface area contributed by atoms with Crippen molar-refractivity contribution in [1.82, 2.24) is 4.98 Å². The topological polar surface area (TPSA) is 38.9 Å². The summed E-state index contributed by atoms with van der Waals surface area (Å²) in [6.45, 7) is 0. The first-order valence-electron chi connectivity index (χ1n) is 2.96. The van der Waals surface area contributed by atoms with Gasteiger partial charge in [-0.05, 0) is 6.42 Å². The van der Waals surface area contributed by atoms with Gasteiger partial charge in [-0.2, -0.15) is 0 Å². The van der Waals surface area contributed by atoms with Crippen molar-refractivity contribution in [2.24, 2.45) is 0 Å². The molecule has 0 saturated carbocycles. The first-order chi connectivity index (χ1) is 4.83. The molecule has 3 heteroatoms. The van der Waals surface area contributed by atoms with Gasteiger partial charge in [0.1, 0.15) is 0 Å². The van der Waals surface area contributed by atoms with Gasteiger partial charge in [0.2, 0.25) is 0 Å². The third-order valence-electron chi connectivity index (χ3n) is 1.09. The van der Waals surface area contributed by atoms with E-state index < -0.39 is 0 Å². The molecule has 0 aliphatic carbocycles. The summed E-state index contributed by atoms with van der Waals surface area (Å²) in [6.07, 6.45) is 8.52. The Balaban J connectivity index is 2.52. The van der Waals surface area contributed by atoms with Crippen molar-refractivity contribution in [2.75, 3.05) is 5.73 Å². The average Bonchev–Trinajstić information content (AvgIpc) is 2.31. The predicted octanol–water partition coefficient (Wildman–Crippen LogP) is 1.29. The molecule has 0 saturated heterocycles. The zero-order valence-electron chi connectivity index (χ0n) is 5.50. The smallest absolute Gasteiger partial charge is 0.180 e. The van der Waals surface area contributed by atoms with Crippen LogP contribution in [0.5, 0.6) is 0 Å². The summed E-state index contributed by atoms with van der Waals surface area (Å²) in [5.41, 5.74) is 5.41. The van der Waals surface area contributed by atoms with Crippen molar-refractivity contribution < 1.29 is 0 Å². The Morgan fingerprint density at radius 1 is 1.80 bits per heavy atom. The molecule has 1 aromatic heterocycles. The second-order valence-corrected chi connectivity index (χ2v) is 3.02. The normalized spacial score (nSPS) is 9.10. The van der Waals surface area contributed by atoms with Gasteiger partial charge < -0.3 is 5.73 Å². The number of aryl methyl sites for hydroxylation is 1. The van der Waals surface area contributed by atoms with Crippen LogP contribution in [-0.2, 0) is 6.42 Å². The molecular formula is C7H8N2S. The van der Waals surface area contributed by atoms with E-state index >= 15 is 0 Å². The summed E-state index contributed by atoms with van der Waals surface area (Å²) in [6, 6.07) is 0. The second kappa shape index (κ2) is 3.23. The largest absolute Gasteiger partial charge is 0.375 e. The van der Waals surface area contributed by atoms with Crippen LogP contribution in [0.1, 0.15) is 11.3 Å². The summed E-state index contributed by atoms with van der Waals surface area (Å²) in [4.78, 5) is 5.06. The molecule has 1 rings (SSSR count). The van der Waals surface area contributed by atoms with Crippen LogP contribution in [-0.4, -0.2) is 4.98 Å². The van der Waals surface area contributed by atoms with Crippen molar-refractivity contribution >= 4 is 16.5 Å². The SMILES string of the molecule is C#CCCc1cnc(N)s1. The third kappa shape index (κ3) is 1.74. The summed E-state index contributed by atoms with van der Waals surface area (Å²) < 4.78 is 0. The molecule has 1 aromatic rings. The number of hydrogen-bond donors (Lipinski definition) is 1. The summed E-state index contributed by atoms with van der Waals surface area (Å²) in [5, 5.41) is 0.618. The maximum Gasteiger partial charge on any atom is 0.180 e. The van der Waals surface area contributed by atoms with E-state index in [2.05, 4.69) is 10.9 Å². The van der Waals surface area contributed by atoms with Gasteiger partial charge in [0.25, 0.3) is 0 Å². The molecule has 0 atom stereocenters. The van der Waals surface area contributed by atoms with Crippen LogP contribution in [0, 0.1) is 12.3 Å². The lowest BCUT2D eigenvalue weighted by molar-refractivity contribution is 1.05. The van der Waals surface area contributed by atoms with Gasteiger partial charge in [-0.1, -0.05) is 0 Å². The molecule has 1 heterocycles. The molecule has 52 valence electrons. The van der Waals surface area contributed by atoms with Gasteiger partial charge >= 0.3 is 0 Å². The number of thiazole rings is 1. The summed E-state index contributed by atoms with van der Waals surface area (Å²) >= 11 is 1.50. The molecule has 0 radical (unpaired) electrons. The Morgan fingerprint density at radius 2 is 2.60 bits per heavy atom. The maximum absolute atomic E-state index is 5.41. The van der Waals surface area contributed by atoms with E-state index in [0.29, 0.717) is 5.13 Å². The molecular weight excluding hydrogens is 144 g/mol. The van der Waals surface area contributed by atoms with Crippen LogP contribution in [0.2, 0.25) is 0 Å². The van der Waals surface area contributed by atoms with E-state index in [9.17, 15) is 0 Å². The fraction of sp³-hybridized carbons (Fsp3) is 0.286. The van der Waals surface area contributed by atoms with E-state index in [-0.39, 0.29) is 0 Å². The molecule has 0 amide bonds. The lowest BCUT2D eigenvalue weighted by Crippen LogP contribution is -1.77. The number of rotatable bonds is 2. The van der Waals surface area contributed by atoms with E-state index in [1.54, 1.807) is 6.20 Å². The van der Waals surface area contributed by atoms with E-state index in [1.165, 1.54) is 11.3 Å². The predicted molar refractivity (Wildman–Crippen MR) is 43.7 cm³/mol. The zero-order valence-corrected chi connectivity index (χ0v) is 6.32. The number of terminal acetylenes is 1. The van der Waals surface area contributed by atoms with Crippen LogP contribution >= 0.6 is 11.3 Å². The first kappa shape index (κ1) is 7.10. The number of hydrogen-bond acceptors (Lipinski definition) is 3. The first-order valence-corrected chi connectivity index (χ1v) is 3.78. The molecule has 0 aliphatic heterocycles. The van der Waals surface area contributed by atoms with Crippen molar-refractivity contribution in [3.63, 3.8) is 0 Å². The van der Waals surface area contributed by atoms with Crippen molar-refractivity contribution in [2.45, 2.75) is 12.8 Å². The summed E-state index contributed by atoms with van der Waals surface area (Å²) in [5.74, 6) is 2.56. The maximum atomic E-state index is 5.41. The van der Waals surface area contributed by atoms with Crippen LogP contribution in [0.3, 0.4) is 0 Å². The second-order valence-electron chi connectivity index (χ2n) is 1.87. The number of nitrogens with zero attached hydrogens (tertiary/aromatic N) is 1. The van der Waals surface area contributed by atoms with Crippen LogP contribution in [0.15, 0.2) is 6.20 Å². The fourth-order valence-corrected chi connectivity index (χ4v) is 1.32. The lowest BCUT2D eigenvalue weighted by Gasteiger charge is -1.84. The molecule has 0 aliphatic rings. The highest BCUT2D eigenvalue weighted by Gasteiger charge is 1.95. The minimum absolute atomic E-state index is 0.618. The minimum atomic E-state index is 0.618. The van der Waals surface area contributed by atoms with E-state index in [0.717, 1.165) is 17.7 Å². The van der Waals surface area contributed by atoms with Gasteiger partial charge in [0.05, 0.1) is 0 Å². The molecule has 0 spiro atoms. The van der Waals surface area contributed by atoms with Crippen LogP contribution < -0.4 is 5.73 Å². The summed E-state index contributed by atoms with van der Waals surface area (Å²) in [7, 11) is 0. The van der Waals surface area contributed by atoms with E-state index in [4.69, 9.17) is 12.2 Å². The number of anilines is 1. The Kier molecular flexibility index (Phi) is 2.30. The fourth-order valence-electron chi connectivity index (χ4n) is 0.634. The van der Waals surface area contributed by atoms with Gasteiger partial charge in [0, 0.05) is 17.5 Å². The molecule has 0 fully saturated rings. The molecule has 0 aromatic carbocycles. The molecule has 2 nitrogen and oxygen atoms in total. The molecule has 0 bridgehead atoms. The lowest BCUT2D eigenvalue weighted by atomic mass is 10.3. The Hall–Kier alpha value is -1.01. The van der Waals surface area contributed by atoms with E-state index in [1.807, 2.05) is 0 Å². The Labute approximate surface area is 64.1 Å². The minimum Gasteiger partial charge on any atom is -0.375 e. The quantitative estimate of drug-likeness (QED) is 0.648.